The lowest BCUT2D eigenvalue weighted by Crippen LogP contribution is -2.38. The summed E-state index contributed by atoms with van der Waals surface area (Å²) in [5.74, 6) is 0.573. The van der Waals surface area contributed by atoms with Crippen molar-refractivity contribution in [1.29, 1.82) is 0 Å². The predicted molar refractivity (Wildman–Crippen MR) is 75.8 cm³/mol. The van der Waals surface area contributed by atoms with Crippen molar-refractivity contribution in [2.45, 2.75) is 12.8 Å². The first-order chi connectivity index (χ1) is 10.2. The number of hydrogen-bond acceptors (Lipinski definition) is 6. The number of carbonyl (C=O) groups excluding carboxylic acids is 1. The summed E-state index contributed by atoms with van der Waals surface area (Å²) < 4.78 is 5.30. The summed E-state index contributed by atoms with van der Waals surface area (Å²) in [6, 6.07) is 0. The Kier molecular flexibility index (Phi) is 2.75. The second-order valence-corrected chi connectivity index (χ2v) is 5.26. The molecule has 1 aliphatic heterocycles. The van der Waals surface area contributed by atoms with Crippen LogP contribution in [-0.2, 0) is 11.2 Å². The molecule has 7 nitrogen and oxygen atoms in total. The number of ketones is 1. The van der Waals surface area contributed by atoms with Crippen LogP contribution in [0.3, 0.4) is 0 Å². The lowest BCUT2D eigenvalue weighted by Gasteiger charge is -2.27. The number of aryl methyl sites for hydroxylation is 1. The highest BCUT2D eigenvalue weighted by Crippen LogP contribution is 2.26. The fraction of sp³-hybridized carbons (Fsp3) is 0.429. The molecule has 4 rings (SSSR count). The van der Waals surface area contributed by atoms with Crippen LogP contribution in [0.5, 0.6) is 0 Å². The first-order valence-corrected chi connectivity index (χ1v) is 7.02. The highest BCUT2D eigenvalue weighted by Gasteiger charge is 2.25. The summed E-state index contributed by atoms with van der Waals surface area (Å²) >= 11 is 0. The molecular weight excluding hydrogens is 272 g/mol. The number of carbonyl (C=O) groups is 1. The second-order valence-electron chi connectivity index (χ2n) is 5.26. The van der Waals surface area contributed by atoms with E-state index in [-0.39, 0.29) is 11.3 Å². The van der Waals surface area contributed by atoms with Crippen LogP contribution >= 0.6 is 0 Å². The lowest BCUT2D eigenvalue weighted by molar-refractivity contribution is 0.0994. The van der Waals surface area contributed by atoms with Crippen molar-refractivity contribution in [2.24, 2.45) is 0 Å². The van der Waals surface area contributed by atoms with Crippen LogP contribution < -0.4 is 10.5 Å². The molecule has 7 heteroatoms. The molecule has 0 saturated carbocycles. The molecule has 1 N–H and O–H groups in total. The first kappa shape index (κ1) is 12.5. The summed E-state index contributed by atoms with van der Waals surface area (Å²) in [7, 11) is 0. The number of ether oxygens (including phenoxy) is 1. The Hall–Kier alpha value is -2.28. The minimum absolute atomic E-state index is 0.0519. The van der Waals surface area contributed by atoms with Crippen molar-refractivity contribution in [3.63, 3.8) is 0 Å². The van der Waals surface area contributed by atoms with Crippen LogP contribution in [-0.4, -0.2) is 47.0 Å². The van der Waals surface area contributed by atoms with Crippen molar-refractivity contribution in [2.75, 3.05) is 31.2 Å². The SMILES string of the molecule is O=C1CCc2c1cnc1nc(N3CCOCC3)[nH]c(=O)c21. The van der Waals surface area contributed by atoms with Gasteiger partial charge in [-0.2, -0.15) is 4.98 Å². The van der Waals surface area contributed by atoms with E-state index in [1.165, 1.54) is 0 Å². The standard InChI is InChI=1S/C14H14N4O3/c19-10-2-1-8-9(10)7-15-12-11(8)13(20)17-14(16-12)18-3-5-21-6-4-18/h7H,1-6H2,(H,15,16,17,20). The summed E-state index contributed by atoms with van der Waals surface area (Å²) in [6.07, 6.45) is 2.58. The molecule has 2 aromatic rings. The summed E-state index contributed by atoms with van der Waals surface area (Å²) in [5, 5.41) is 0.454. The van der Waals surface area contributed by atoms with Gasteiger partial charge in [0, 0.05) is 31.3 Å². The molecule has 2 aliphatic rings. The fourth-order valence-electron chi connectivity index (χ4n) is 2.95. The van der Waals surface area contributed by atoms with Crippen LogP contribution in [0.2, 0.25) is 0 Å². The largest absolute Gasteiger partial charge is 0.378 e. The van der Waals surface area contributed by atoms with Gasteiger partial charge in [0.2, 0.25) is 5.95 Å². The van der Waals surface area contributed by atoms with E-state index >= 15 is 0 Å². The monoisotopic (exact) mass is 286 g/mol. The zero-order valence-corrected chi connectivity index (χ0v) is 11.4. The van der Waals surface area contributed by atoms with Crippen molar-refractivity contribution in [3.05, 3.63) is 27.7 Å². The number of fused-ring (bicyclic) bond motifs is 3. The van der Waals surface area contributed by atoms with Crippen LogP contribution in [0.4, 0.5) is 5.95 Å². The topological polar surface area (TPSA) is 88.2 Å². The molecule has 0 amide bonds. The zero-order chi connectivity index (χ0) is 14.4. The number of hydrogen-bond donors (Lipinski definition) is 1. The zero-order valence-electron chi connectivity index (χ0n) is 11.4. The summed E-state index contributed by atoms with van der Waals surface area (Å²) in [6.45, 7) is 2.62. The maximum Gasteiger partial charge on any atom is 0.262 e. The van der Waals surface area contributed by atoms with Crippen LogP contribution in [0.15, 0.2) is 11.0 Å². The van der Waals surface area contributed by atoms with E-state index in [4.69, 9.17) is 4.74 Å². The van der Waals surface area contributed by atoms with Gasteiger partial charge in [-0.3, -0.25) is 14.6 Å². The lowest BCUT2D eigenvalue weighted by atomic mass is 10.1. The van der Waals surface area contributed by atoms with Gasteiger partial charge in [-0.25, -0.2) is 4.98 Å². The molecule has 108 valence electrons. The molecule has 3 heterocycles. The number of anilines is 1. The second kappa shape index (κ2) is 4.63. The molecule has 0 bridgehead atoms. The van der Waals surface area contributed by atoms with Crippen LogP contribution in [0.1, 0.15) is 22.3 Å². The van der Waals surface area contributed by atoms with Crippen molar-refractivity contribution < 1.29 is 9.53 Å². The molecule has 0 aromatic carbocycles. The quantitative estimate of drug-likeness (QED) is 0.810. The number of rotatable bonds is 1. The maximum atomic E-state index is 12.4. The van der Waals surface area contributed by atoms with E-state index in [0.29, 0.717) is 61.7 Å². The highest BCUT2D eigenvalue weighted by molar-refractivity contribution is 6.04. The number of morpholine rings is 1. The third-order valence-electron chi connectivity index (χ3n) is 4.04. The van der Waals surface area contributed by atoms with E-state index < -0.39 is 0 Å². The van der Waals surface area contributed by atoms with E-state index in [9.17, 15) is 9.59 Å². The van der Waals surface area contributed by atoms with Gasteiger partial charge in [0.05, 0.1) is 18.6 Å². The van der Waals surface area contributed by atoms with Crippen molar-refractivity contribution in [1.82, 2.24) is 15.0 Å². The van der Waals surface area contributed by atoms with Crippen LogP contribution in [0, 0.1) is 0 Å². The number of aromatic nitrogens is 3. The fourth-order valence-corrected chi connectivity index (χ4v) is 2.95. The molecule has 1 saturated heterocycles. The Morgan fingerprint density at radius 3 is 2.81 bits per heavy atom. The molecule has 21 heavy (non-hydrogen) atoms. The third-order valence-corrected chi connectivity index (χ3v) is 4.04. The van der Waals surface area contributed by atoms with Gasteiger partial charge in [-0.15, -0.1) is 0 Å². The van der Waals surface area contributed by atoms with Gasteiger partial charge in [-0.1, -0.05) is 0 Å². The van der Waals surface area contributed by atoms with Gasteiger partial charge >= 0.3 is 0 Å². The molecule has 0 atom stereocenters. The molecule has 0 spiro atoms. The average Bonchev–Trinajstić information content (AvgIpc) is 2.89. The summed E-state index contributed by atoms with van der Waals surface area (Å²) in [4.78, 5) is 37.6. The molecular formula is C14H14N4O3. The molecule has 0 radical (unpaired) electrons. The Labute approximate surface area is 120 Å². The smallest absolute Gasteiger partial charge is 0.262 e. The predicted octanol–water partition coefficient (Wildman–Crippen LogP) is 0.284. The van der Waals surface area contributed by atoms with E-state index in [0.717, 1.165) is 5.56 Å². The number of H-pyrrole nitrogens is 1. The van der Waals surface area contributed by atoms with Gasteiger partial charge in [-0.05, 0) is 12.0 Å². The molecule has 0 unspecified atom stereocenters. The highest BCUT2D eigenvalue weighted by atomic mass is 16.5. The Bertz CT molecular complexity index is 793. The average molecular weight is 286 g/mol. The Morgan fingerprint density at radius 2 is 2.00 bits per heavy atom. The number of nitrogens with one attached hydrogen (secondary N) is 1. The van der Waals surface area contributed by atoms with E-state index in [1.807, 2.05) is 4.90 Å². The van der Waals surface area contributed by atoms with E-state index in [2.05, 4.69) is 15.0 Å². The Morgan fingerprint density at radius 1 is 1.19 bits per heavy atom. The summed E-state index contributed by atoms with van der Waals surface area (Å²) in [5.41, 5.74) is 1.54. The van der Waals surface area contributed by atoms with Gasteiger partial charge in [0.1, 0.15) is 0 Å². The van der Waals surface area contributed by atoms with Crippen LogP contribution in [0.25, 0.3) is 11.0 Å². The number of Topliss-reactive ketones (excluding diaryl/α,β-unsaturated/α-hetero) is 1. The molecule has 1 aliphatic carbocycles. The first-order valence-electron chi connectivity index (χ1n) is 7.02. The van der Waals surface area contributed by atoms with E-state index in [1.54, 1.807) is 6.20 Å². The third kappa shape index (κ3) is 1.92. The van der Waals surface area contributed by atoms with Gasteiger partial charge in [0.15, 0.2) is 11.4 Å². The van der Waals surface area contributed by atoms with Gasteiger partial charge in [0.25, 0.3) is 5.56 Å². The number of aromatic amines is 1. The normalized spacial score (nSPS) is 18.3. The van der Waals surface area contributed by atoms with Crippen molar-refractivity contribution >= 4 is 22.8 Å². The number of pyridine rings is 1. The molecule has 2 aromatic heterocycles. The Balaban J connectivity index is 1.88. The minimum atomic E-state index is -0.222. The maximum absolute atomic E-state index is 12.4. The minimum Gasteiger partial charge on any atom is -0.378 e. The number of nitrogens with zero attached hydrogens (tertiary/aromatic N) is 3. The molecule has 1 fully saturated rings. The van der Waals surface area contributed by atoms with Crippen molar-refractivity contribution in [3.8, 4) is 0 Å². The van der Waals surface area contributed by atoms with Gasteiger partial charge < -0.3 is 9.64 Å².